The van der Waals surface area contributed by atoms with E-state index < -0.39 is 0 Å². The van der Waals surface area contributed by atoms with Gasteiger partial charge in [0.15, 0.2) is 0 Å². The molecule has 1 saturated heterocycles. The maximum absolute atomic E-state index is 13.1. The van der Waals surface area contributed by atoms with Crippen LogP contribution in [0.5, 0.6) is 5.75 Å². The van der Waals surface area contributed by atoms with Crippen LogP contribution in [-0.4, -0.2) is 49.2 Å². The van der Waals surface area contributed by atoms with Crippen molar-refractivity contribution in [1.29, 1.82) is 0 Å². The van der Waals surface area contributed by atoms with Crippen LogP contribution in [-0.2, 0) is 11.2 Å². The molecule has 0 bridgehead atoms. The Bertz CT molecular complexity index is 457. The third-order valence-corrected chi connectivity index (χ3v) is 3.96. The standard InChI is InChI=1S/C14H17ClFNO2/c15-7-13-9-17(3-4-18-13)8-12-6-10-5-11(16)1-2-14(10)19-12/h1-2,5,12-13H,3-4,6-9H2. The Labute approximate surface area is 117 Å². The summed E-state index contributed by atoms with van der Waals surface area (Å²) in [6.45, 7) is 3.30. The second-order valence-electron chi connectivity index (χ2n) is 5.10. The van der Waals surface area contributed by atoms with E-state index in [4.69, 9.17) is 21.1 Å². The molecule has 1 fully saturated rings. The monoisotopic (exact) mass is 285 g/mol. The molecule has 0 amide bonds. The normalized spacial score (nSPS) is 27.1. The molecule has 2 aliphatic rings. The molecule has 5 heteroatoms. The molecule has 2 unspecified atom stereocenters. The number of nitrogens with zero attached hydrogens (tertiary/aromatic N) is 1. The van der Waals surface area contributed by atoms with E-state index in [0.29, 0.717) is 12.5 Å². The molecule has 104 valence electrons. The summed E-state index contributed by atoms with van der Waals surface area (Å²) in [7, 11) is 0. The zero-order chi connectivity index (χ0) is 13.2. The zero-order valence-corrected chi connectivity index (χ0v) is 11.4. The molecular weight excluding hydrogens is 269 g/mol. The van der Waals surface area contributed by atoms with Crippen molar-refractivity contribution < 1.29 is 13.9 Å². The fourth-order valence-electron chi connectivity index (χ4n) is 2.72. The Morgan fingerprint density at radius 1 is 1.37 bits per heavy atom. The Kier molecular flexibility index (Phi) is 3.91. The summed E-state index contributed by atoms with van der Waals surface area (Å²) in [6, 6.07) is 4.72. The van der Waals surface area contributed by atoms with Crippen LogP contribution in [0, 0.1) is 5.82 Å². The molecule has 19 heavy (non-hydrogen) atoms. The van der Waals surface area contributed by atoms with Gasteiger partial charge in [-0.05, 0) is 18.2 Å². The van der Waals surface area contributed by atoms with Crippen molar-refractivity contribution in [3.05, 3.63) is 29.6 Å². The van der Waals surface area contributed by atoms with Gasteiger partial charge in [0.25, 0.3) is 0 Å². The van der Waals surface area contributed by atoms with Crippen LogP contribution in [0.2, 0.25) is 0 Å². The van der Waals surface area contributed by atoms with Crippen molar-refractivity contribution in [2.24, 2.45) is 0 Å². The van der Waals surface area contributed by atoms with E-state index >= 15 is 0 Å². The van der Waals surface area contributed by atoms with Gasteiger partial charge in [-0.15, -0.1) is 11.6 Å². The van der Waals surface area contributed by atoms with Gasteiger partial charge in [0.1, 0.15) is 17.7 Å². The van der Waals surface area contributed by atoms with Crippen molar-refractivity contribution in [3.8, 4) is 5.75 Å². The van der Waals surface area contributed by atoms with Gasteiger partial charge in [-0.25, -0.2) is 4.39 Å². The number of fused-ring (bicyclic) bond motifs is 1. The van der Waals surface area contributed by atoms with Crippen molar-refractivity contribution in [2.45, 2.75) is 18.6 Å². The molecule has 0 spiro atoms. The topological polar surface area (TPSA) is 21.7 Å². The van der Waals surface area contributed by atoms with E-state index in [1.165, 1.54) is 6.07 Å². The van der Waals surface area contributed by atoms with E-state index in [0.717, 1.165) is 37.4 Å². The smallest absolute Gasteiger partial charge is 0.123 e. The third-order valence-electron chi connectivity index (χ3n) is 3.62. The Hall–Kier alpha value is -0.840. The number of morpholine rings is 1. The fourth-order valence-corrected chi connectivity index (χ4v) is 2.91. The van der Waals surface area contributed by atoms with Crippen LogP contribution in [0.1, 0.15) is 5.56 Å². The molecule has 0 N–H and O–H groups in total. The molecule has 1 aromatic rings. The highest BCUT2D eigenvalue weighted by Crippen LogP contribution is 2.29. The van der Waals surface area contributed by atoms with Crippen molar-refractivity contribution >= 4 is 11.6 Å². The van der Waals surface area contributed by atoms with Crippen LogP contribution in [0.4, 0.5) is 4.39 Å². The summed E-state index contributed by atoms with van der Waals surface area (Å²) in [5.74, 6) is 1.14. The number of benzene rings is 1. The third kappa shape index (κ3) is 3.02. The number of hydrogen-bond donors (Lipinski definition) is 0. The largest absolute Gasteiger partial charge is 0.488 e. The lowest BCUT2D eigenvalue weighted by Gasteiger charge is -2.33. The minimum Gasteiger partial charge on any atom is -0.488 e. The quantitative estimate of drug-likeness (QED) is 0.794. The van der Waals surface area contributed by atoms with Gasteiger partial charge in [-0.2, -0.15) is 0 Å². The number of hydrogen-bond acceptors (Lipinski definition) is 3. The highest BCUT2D eigenvalue weighted by atomic mass is 35.5. The van der Waals surface area contributed by atoms with Crippen molar-refractivity contribution in [1.82, 2.24) is 4.90 Å². The van der Waals surface area contributed by atoms with E-state index in [1.807, 2.05) is 0 Å². The van der Waals surface area contributed by atoms with E-state index in [9.17, 15) is 4.39 Å². The predicted molar refractivity (Wildman–Crippen MR) is 71.4 cm³/mol. The molecule has 2 atom stereocenters. The Morgan fingerprint density at radius 2 is 2.26 bits per heavy atom. The molecular formula is C14H17ClFNO2. The first-order valence-electron chi connectivity index (χ1n) is 6.59. The molecule has 0 aliphatic carbocycles. The van der Waals surface area contributed by atoms with Crippen LogP contribution >= 0.6 is 11.6 Å². The van der Waals surface area contributed by atoms with Gasteiger partial charge in [0.05, 0.1) is 12.7 Å². The summed E-state index contributed by atoms with van der Waals surface area (Å²) in [5, 5.41) is 0. The number of halogens is 2. The summed E-state index contributed by atoms with van der Waals surface area (Å²) in [5.41, 5.74) is 0.965. The van der Waals surface area contributed by atoms with Crippen molar-refractivity contribution in [2.75, 3.05) is 32.1 Å². The average molecular weight is 286 g/mol. The van der Waals surface area contributed by atoms with Gasteiger partial charge in [0, 0.05) is 37.5 Å². The van der Waals surface area contributed by atoms with Crippen LogP contribution in [0.25, 0.3) is 0 Å². The van der Waals surface area contributed by atoms with Crippen LogP contribution < -0.4 is 4.74 Å². The first-order chi connectivity index (χ1) is 9.24. The summed E-state index contributed by atoms with van der Waals surface area (Å²) in [6.07, 6.45) is 0.984. The van der Waals surface area contributed by atoms with Crippen molar-refractivity contribution in [3.63, 3.8) is 0 Å². The Morgan fingerprint density at radius 3 is 3.11 bits per heavy atom. The van der Waals surface area contributed by atoms with Gasteiger partial charge in [0.2, 0.25) is 0 Å². The lowest BCUT2D eigenvalue weighted by molar-refractivity contribution is -0.0257. The SMILES string of the molecule is Fc1ccc2c(c1)CC(CN1CCOC(CCl)C1)O2. The molecule has 2 aliphatic heterocycles. The van der Waals surface area contributed by atoms with E-state index in [-0.39, 0.29) is 18.0 Å². The molecule has 0 saturated carbocycles. The summed E-state index contributed by atoms with van der Waals surface area (Å²) < 4.78 is 24.5. The number of alkyl halides is 1. The highest BCUT2D eigenvalue weighted by Gasteiger charge is 2.28. The number of rotatable bonds is 3. The molecule has 0 aromatic heterocycles. The molecule has 1 aromatic carbocycles. The first-order valence-corrected chi connectivity index (χ1v) is 7.13. The first kappa shape index (κ1) is 13.2. The average Bonchev–Trinajstić information content (AvgIpc) is 2.80. The predicted octanol–water partition coefficient (Wildman–Crippen LogP) is 2.07. The second kappa shape index (κ2) is 5.65. The minimum absolute atomic E-state index is 0.103. The molecule has 3 nitrogen and oxygen atoms in total. The second-order valence-corrected chi connectivity index (χ2v) is 5.41. The maximum Gasteiger partial charge on any atom is 0.123 e. The highest BCUT2D eigenvalue weighted by molar-refractivity contribution is 6.18. The fraction of sp³-hybridized carbons (Fsp3) is 0.571. The van der Waals surface area contributed by atoms with Gasteiger partial charge < -0.3 is 9.47 Å². The Balaban J connectivity index is 1.58. The van der Waals surface area contributed by atoms with E-state index in [2.05, 4.69) is 4.90 Å². The lowest BCUT2D eigenvalue weighted by atomic mass is 10.1. The maximum atomic E-state index is 13.1. The molecule has 2 heterocycles. The number of ether oxygens (including phenoxy) is 2. The lowest BCUT2D eigenvalue weighted by Crippen LogP contribution is -2.46. The van der Waals surface area contributed by atoms with Crippen LogP contribution in [0.3, 0.4) is 0 Å². The van der Waals surface area contributed by atoms with Gasteiger partial charge in [-0.3, -0.25) is 4.90 Å². The van der Waals surface area contributed by atoms with Gasteiger partial charge in [-0.1, -0.05) is 0 Å². The summed E-state index contributed by atoms with van der Waals surface area (Å²) in [4.78, 5) is 2.31. The minimum atomic E-state index is -0.198. The molecule has 3 rings (SSSR count). The summed E-state index contributed by atoms with van der Waals surface area (Å²) >= 11 is 5.83. The van der Waals surface area contributed by atoms with Gasteiger partial charge >= 0.3 is 0 Å². The van der Waals surface area contributed by atoms with Crippen LogP contribution in [0.15, 0.2) is 18.2 Å². The zero-order valence-electron chi connectivity index (χ0n) is 10.6. The molecule has 0 radical (unpaired) electrons. The van der Waals surface area contributed by atoms with E-state index in [1.54, 1.807) is 12.1 Å².